The Kier molecular flexibility index (Phi) is 4.40. The van der Waals surface area contributed by atoms with E-state index in [0.29, 0.717) is 0 Å². The molecule has 2 aromatic carbocycles. The van der Waals surface area contributed by atoms with E-state index in [0.717, 1.165) is 31.0 Å². The first kappa shape index (κ1) is 15.6. The molecule has 1 heterocycles. The second-order valence-electron chi connectivity index (χ2n) is 4.68. The lowest BCUT2D eigenvalue weighted by Crippen LogP contribution is -1.86. The Morgan fingerprint density at radius 3 is 2.83 bits per heavy atom. The number of hydrogen-bond donors (Lipinski definition) is 0. The first-order chi connectivity index (χ1) is 11.1. The molecule has 1 aromatic heterocycles. The number of hydrogen-bond acceptors (Lipinski definition) is 5. The predicted octanol–water partition coefficient (Wildman–Crippen LogP) is 5.15. The monoisotopic (exact) mass is 390 g/mol. The Balaban J connectivity index is 1.95. The number of benzene rings is 2. The molecule has 0 aliphatic carbocycles. The summed E-state index contributed by atoms with van der Waals surface area (Å²) in [6.45, 7) is 0. The molecule has 116 valence electrons. The largest absolute Gasteiger partial charge is 0.496 e. The van der Waals surface area contributed by atoms with Gasteiger partial charge in [0.2, 0.25) is 0 Å². The molecule has 3 rings (SSSR count). The van der Waals surface area contributed by atoms with E-state index in [4.69, 9.17) is 4.74 Å². The Hall–Kier alpha value is -2.25. The zero-order chi connectivity index (χ0) is 16.4. The molecular formula is C16H11BrN2O3S. The minimum Gasteiger partial charge on any atom is -0.496 e. The van der Waals surface area contributed by atoms with E-state index in [1.54, 1.807) is 19.2 Å². The molecule has 0 spiro atoms. The van der Waals surface area contributed by atoms with Gasteiger partial charge in [-0.05, 0) is 36.4 Å². The highest BCUT2D eigenvalue weighted by atomic mass is 79.9. The number of non-ortho nitro benzene ring substituents is 1. The summed E-state index contributed by atoms with van der Waals surface area (Å²) in [5.41, 5.74) is 1.75. The molecule has 0 fully saturated rings. The Morgan fingerprint density at radius 2 is 2.09 bits per heavy atom. The third kappa shape index (κ3) is 3.40. The van der Waals surface area contributed by atoms with E-state index in [2.05, 4.69) is 20.9 Å². The molecule has 0 saturated carbocycles. The molecule has 0 radical (unpaired) electrons. The molecule has 7 heteroatoms. The lowest BCUT2D eigenvalue weighted by Gasteiger charge is -2.04. The smallest absolute Gasteiger partial charge is 0.270 e. The van der Waals surface area contributed by atoms with Crippen LogP contribution >= 0.6 is 27.3 Å². The summed E-state index contributed by atoms with van der Waals surface area (Å²) in [5, 5.41) is 11.6. The van der Waals surface area contributed by atoms with Gasteiger partial charge in [-0.3, -0.25) is 10.1 Å². The lowest BCUT2D eigenvalue weighted by atomic mass is 10.2. The number of nitro benzene ring substituents is 1. The van der Waals surface area contributed by atoms with E-state index < -0.39 is 4.92 Å². The van der Waals surface area contributed by atoms with Gasteiger partial charge in [0, 0.05) is 22.2 Å². The zero-order valence-electron chi connectivity index (χ0n) is 12.0. The van der Waals surface area contributed by atoms with Gasteiger partial charge in [0.15, 0.2) is 0 Å². The fourth-order valence-corrected chi connectivity index (χ4v) is 3.39. The predicted molar refractivity (Wildman–Crippen MR) is 95.9 cm³/mol. The molecule has 0 atom stereocenters. The van der Waals surface area contributed by atoms with E-state index in [9.17, 15) is 10.1 Å². The lowest BCUT2D eigenvalue weighted by molar-refractivity contribution is -0.384. The van der Waals surface area contributed by atoms with Gasteiger partial charge in [-0.1, -0.05) is 15.9 Å². The second kappa shape index (κ2) is 6.47. The van der Waals surface area contributed by atoms with Crippen LogP contribution in [0.1, 0.15) is 10.6 Å². The van der Waals surface area contributed by atoms with Crippen molar-refractivity contribution in [2.24, 2.45) is 0 Å². The van der Waals surface area contributed by atoms with Crippen LogP contribution in [0.4, 0.5) is 5.69 Å². The van der Waals surface area contributed by atoms with Gasteiger partial charge in [0.1, 0.15) is 10.8 Å². The zero-order valence-corrected chi connectivity index (χ0v) is 14.4. The van der Waals surface area contributed by atoms with Crippen LogP contribution < -0.4 is 4.74 Å². The number of nitrogens with zero attached hydrogens (tertiary/aromatic N) is 2. The molecule has 0 aliphatic heterocycles. The van der Waals surface area contributed by atoms with Crippen molar-refractivity contribution in [1.82, 2.24) is 4.98 Å². The van der Waals surface area contributed by atoms with Crippen molar-refractivity contribution >= 4 is 55.3 Å². The third-order valence-corrected chi connectivity index (χ3v) is 4.67. The van der Waals surface area contributed by atoms with Crippen molar-refractivity contribution < 1.29 is 9.66 Å². The molecule has 0 saturated heterocycles. The fourth-order valence-electron chi connectivity index (χ4n) is 2.11. The summed E-state index contributed by atoms with van der Waals surface area (Å²) >= 11 is 4.85. The van der Waals surface area contributed by atoms with E-state index in [1.165, 1.54) is 17.4 Å². The molecular weight excluding hydrogens is 380 g/mol. The Bertz CT molecular complexity index is 921. The average Bonchev–Trinajstić information content (AvgIpc) is 2.94. The highest BCUT2D eigenvalue weighted by Gasteiger charge is 2.09. The van der Waals surface area contributed by atoms with Crippen LogP contribution in [0.2, 0.25) is 0 Å². The summed E-state index contributed by atoms with van der Waals surface area (Å²) in [6, 6.07) is 10.4. The maximum Gasteiger partial charge on any atom is 0.270 e. The number of aromatic nitrogens is 1. The van der Waals surface area contributed by atoms with Crippen LogP contribution in [-0.2, 0) is 0 Å². The van der Waals surface area contributed by atoms with Crippen LogP contribution in [0.3, 0.4) is 0 Å². The van der Waals surface area contributed by atoms with Crippen LogP contribution in [-0.4, -0.2) is 17.0 Å². The van der Waals surface area contributed by atoms with Crippen molar-refractivity contribution in [2.75, 3.05) is 7.11 Å². The van der Waals surface area contributed by atoms with Gasteiger partial charge in [-0.2, -0.15) is 0 Å². The molecule has 0 amide bonds. The van der Waals surface area contributed by atoms with Crippen molar-refractivity contribution in [2.45, 2.75) is 0 Å². The van der Waals surface area contributed by atoms with Crippen molar-refractivity contribution in [3.8, 4) is 5.75 Å². The normalized spacial score (nSPS) is 11.2. The van der Waals surface area contributed by atoms with Crippen molar-refractivity contribution in [3.63, 3.8) is 0 Å². The standard InChI is InChI=1S/C16H11BrN2O3S/c1-22-14-6-3-11(17)8-10(14)2-7-16-18-13-5-4-12(19(20)21)9-15(13)23-16/h2-9H,1H3/b7-2+. The summed E-state index contributed by atoms with van der Waals surface area (Å²) in [6.07, 6.45) is 3.79. The van der Waals surface area contributed by atoms with Gasteiger partial charge < -0.3 is 4.74 Å². The molecule has 0 N–H and O–H groups in total. The summed E-state index contributed by atoms with van der Waals surface area (Å²) < 4.78 is 7.07. The molecule has 5 nitrogen and oxygen atoms in total. The number of thiazole rings is 1. The van der Waals surface area contributed by atoms with Gasteiger partial charge >= 0.3 is 0 Å². The van der Waals surface area contributed by atoms with E-state index in [-0.39, 0.29) is 5.69 Å². The highest BCUT2D eigenvalue weighted by Crippen LogP contribution is 2.29. The number of fused-ring (bicyclic) bond motifs is 1. The molecule has 23 heavy (non-hydrogen) atoms. The van der Waals surface area contributed by atoms with Crippen molar-refractivity contribution in [1.29, 1.82) is 0 Å². The Morgan fingerprint density at radius 1 is 1.26 bits per heavy atom. The topological polar surface area (TPSA) is 65.3 Å². The molecule has 3 aromatic rings. The highest BCUT2D eigenvalue weighted by molar-refractivity contribution is 9.10. The van der Waals surface area contributed by atoms with Crippen molar-refractivity contribution in [3.05, 3.63) is 61.6 Å². The van der Waals surface area contributed by atoms with E-state index in [1.807, 2.05) is 30.4 Å². The number of rotatable bonds is 4. The quantitative estimate of drug-likeness (QED) is 0.456. The third-order valence-electron chi connectivity index (χ3n) is 3.20. The van der Waals surface area contributed by atoms with E-state index >= 15 is 0 Å². The van der Waals surface area contributed by atoms with Crippen LogP contribution in [0.5, 0.6) is 5.75 Å². The maximum atomic E-state index is 10.8. The van der Waals surface area contributed by atoms with Crippen LogP contribution in [0.25, 0.3) is 22.4 Å². The first-order valence-corrected chi connectivity index (χ1v) is 8.24. The Labute approximate surface area is 144 Å². The summed E-state index contributed by atoms with van der Waals surface area (Å²) in [7, 11) is 1.62. The van der Waals surface area contributed by atoms with Crippen LogP contribution in [0, 0.1) is 10.1 Å². The number of halogens is 1. The van der Waals surface area contributed by atoms with Crippen LogP contribution in [0.15, 0.2) is 40.9 Å². The molecule has 0 unspecified atom stereocenters. The number of nitro groups is 1. The van der Waals surface area contributed by atoms with Gasteiger partial charge in [0.05, 0.1) is 22.2 Å². The maximum absolute atomic E-state index is 10.8. The average molecular weight is 391 g/mol. The van der Waals surface area contributed by atoms with Gasteiger partial charge in [0.25, 0.3) is 5.69 Å². The minimum atomic E-state index is -0.402. The minimum absolute atomic E-state index is 0.0744. The second-order valence-corrected chi connectivity index (χ2v) is 6.66. The summed E-state index contributed by atoms with van der Waals surface area (Å²) in [5.74, 6) is 0.765. The molecule has 0 aliphatic rings. The number of ether oxygens (including phenoxy) is 1. The molecule has 0 bridgehead atoms. The van der Waals surface area contributed by atoms with Gasteiger partial charge in [-0.25, -0.2) is 4.98 Å². The number of methoxy groups -OCH3 is 1. The van der Waals surface area contributed by atoms with Gasteiger partial charge in [-0.15, -0.1) is 11.3 Å². The fraction of sp³-hybridized carbons (Fsp3) is 0.0625. The first-order valence-electron chi connectivity index (χ1n) is 6.63. The SMILES string of the molecule is COc1ccc(Br)cc1/C=C/c1nc2ccc([N+](=O)[O-])cc2s1. The summed E-state index contributed by atoms with van der Waals surface area (Å²) in [4.78, 5) is 14.9.